The highest BCUT2D eigenvalue weighted by Gasteiger charge is 2.17. The molecule has 0 aliphatic rings. The number of carbonyl (C=O) groups is 1. The van der Waals surface area contributed by atoms with Crippen LogP contribution in [0.5, 0.6) is 0 Å². The summed E-state index contributed by atoms with van der Waals surface area (Å²) in [7, 11) is 0.520. The molecule has 2 atom stereocenters. The topological polar surface area (TPSA) is 52.6 Å². The Morgan fingerprint density at radius 3 is 2.63 bits per heavy atom. The molecular weight excluding hydrogens is 264 g/mol. The Hall–Kier alpha value is -1.20. The van der Waals surface area contributed by atoms with Crippen LogP contribution in [0.4, 0.5) is 0 Å². The average Bonchev–Trinajstić information content (AvgIpc) is 2.43. The van der Waals surface area contributed by atoms with Gasteiger partial charge < -0.3 is 9.47 Å². The summed E-state index contributed by atoms with van der Waals surface area (Å²) in [4.78, 5) is 11.7. The van der Waals surface area contributed by atoms with E-state index in [-0.39, 0.29) is 18.5 Å². The van der Waals surface area contributed by atoms with Gasteiger partial charge >= 0.3 is 5.97 Å². The molecule has 0 N–H and O–H groups in total. The van der Waals surface area contributed by atoms with Gasteiger partial charge in [0.05, 0.1) is 12.5 Å². The van der Waals surface area contributed by atoms with E-state index in [0.29, 0.717) is 18.1 Å². The van der Waals surface area contributed by atoms with Gasteiger partial charge in [-0.2, -0.15) is 0 Å². The Bertz CT molecular complexity index is 405. The van der Waals surface area contributed by atoms with Gasteiger partial charge in [-0.05, 0) is 5.56 Å². The molecule has 0 heterocycles. The molecule has 19 heavy (non-hydrogen) atoms. The third-order valence-corrected chi connectivity index (χ3v) is 4.07. The molecule has 0 aromatic heterocycles. The van der Waals surface area contributed by atoms with Crippen LogP contribution < -0.4 is 0 Å². The second kappa shape index (κ2) is 8.82. The number of benzene rings is 1. The number of carbonyl (C=O) groups excluding carboxylic acids is 1. The van der Waals surface area contributed by atoms with Crippen molar-refractivity contribution in [3.8, 4) is 0 Å². The Labute approximate surface area is 116 Å². The van der Waals surface area contributed by atoms with Crippen LogP contribution in [0.1, 0.15) is 12.5 Å². The molecule has 0 saturated heterocycles. The van der Waals surface area contributed by atoms with E-state index in [1.807, 2.05) is 30.3 Å². The standard InChI is InChI=1S/C14H20O4S/c1-12(11-19(16)9-8-17-2)14(15)18-10-13-6-4-3-5-7-13/h3-7,12H,8-11H2,1-2H3. The van der Waals surface area contributed by atoms with Crippen molar-refractivity contribution in [2.45, 2.75) is 13.5 Å². The number of ether oxygens (including phenoxy) is 2. The fourth-order valence-corrected chi connectivity index (χ4v) is 2.69. The zero-order chi connectivity index (χ0) is 14.1. The highest BCUT2D eigenvalue weighted by Crippen LogP contribution is 2.06. The minimum Gasteiger partial charge on any atom is -0.461 e. The van der Waals surface area contributed by atoms with Gasteiger partial charge in [-0.15, -0.1) is 0 Å². The molecule has 1 aromatic carbocycles. The van der Waals surface area contributed by atoms with E-state index in [1.54, 1.807) is 14.0 Å². The first kappa shape index (κ1) is 15.9. The molecule has 0 radical (unpaired) electrons. The summed E-state index contributed by atoms with van der Waals surface area (Å²) in [6.07, 6.45) is 0. The average molecular weight is 284 g/mol. The lowest BCUT2D eigenvalue weighted by atomic mass is 10.2. The summed E-state index contributed by atoms with van der Waals surface area (Å²) in [5.41, 5.74) is 0.948. The van der Waals surface area contributed by atoms with E-state index in [2.05, 4.69) is 0 Å². The summed E-state index contributed by atoms with van der Waals surface area (Å²) >= 11 is 0. The molecule has 106 valence electrons. The van der Waals surface area contributed by atoms with Crippen molar-refractivity contribution >= 4 is 16.8 Å². The smallest absolute Gasteiger partial charge is 0.309 e. The normalized spacial score (nSPS) is 13.8. The molecule has 0 spiro atoms. The Kier molecular flexibility index (Phi) is 7.36. The van der Waals surface area contributed by atoms with Crippen LogP contribution in [-0.2, 0) is 31.7 Å². The zero-order valence-electron chi connectivity index (χ0n) is 11.3. The second-order valence-electron chi connectivity index (χ2n) is 4.30. The number of hydrogen-bond acceptors (Lipinski definition) is 4. The van der Waals surface area contributed by atoms with Gasteiger partial charge in [0.25, 0.3) is 0 Å². The maximum absolute atomic E-state index is 11.7. The Morgan fingerprint density at radius 2 is 2.00 bits per heavy atom. The molecule has 1 rings (SSSR count). The quantitative estimate of drug-likeness (QED) is 0.683. The Morgan fingerprint density at radius 1 is 1.32 bits per heavy atom. The second-order valence-corrected chi connectivity index (χ2v) is 5.92. The van der Waals surface area contributed by atoms with Crippen LogP contribution in [0.2, 0.25) is 0 Å². The van der Waals surface area contributed by atoms with Crippen LogP contribution in [0.3, 0.4) is 0 Å². The van der Waals surface area contributed by atoms with Crippen LogP contribution in [0.25, 0.3) is 0 Å². The first-order chi connectivity index (χ1) is 9.13. The molecule has 5 heteroatoms. The van der Waals surface area contributed by atoms with E-state index < -0.39 is 10.8 Å². The molecular formula is C14H20O4S. The summed E-state index contributed by atoms with van der Waals surface area (Å²) in [6.45, 7) is 2.44. The molecule has 0 aliphatic heterocycles. The summed E-state index contributed by atoms with van der Waals surface area (Å²) in [5, 5.41) is 0. The van der Waals surface area contributed by atoms with E-state index in [9.17, 15) is 9.00 Å². The largest absolute Gasteiger partial charge is 0.461 e. The molecule has 0 aliphatic carbocycles. The van der Waals surface area contributed by atoms with Crippen LogP contribution in [0.15, 0.2) is 30.3 Å². The van der Waals surface area contributed by atoms with Crippen molar-refractivity contribution in [3.63, 3.8) is 0 Å². The van der Waals surface area contributed by atoms with Gasteiger partial charge in [-0.3, -0.25) is 9.00 Å². The maximum Gasteiger partial charge on any atom is 0.309 e. The Balaban J connectivity index is 2.30. The lowest BCUT2D eigenvalue weighted by Gasteiger charge is -2.11. The molecule has 4 nitrogen and oxygen atoms in total. The third kappa shape index (κ3) is 6.50. The highest BCUT2D eigenvalue weighted by molar-refractivity contribution is 7.85. The van der Waals surface area contributed by atoms with Crippen LogP contribution in [-0.4, -0.2) is 35.4 Å². The monoisotopic (exact) mass is 284 g/mol. The lowest BCUT2D eigenvalue weighted by Crippen LogP contribution is -2.22. The van der Waals surface area contributed by atoms with Gasteiger partial charge in [0, 0.05) is 29.4 Å². The minimum absolute atomic E-state index is 0.259. The van der Waals surface area contributed by atoms with Crippen molar-refractivity contribution in [2.24, 2.45) is 5.92 Å². The highest BCUT2D eigenvalue weighted by atomic mass is 32.2. The summed E-state index contributed by atoms with van der Waals surface area (Å²) in [6, 6.07) is 9.50. The van der Waals surface area contributed by atoms with Gasteiger partial charge in [-0.25, -0.2) is 0 Å². The molecule has 0 fully saturated rings. The van der Waals surface area contributed by atoms with Crippen molar-refractivity contribution in [2.75, 3.05) is 25.2 Å². The van der Waals surface area contributed by atoms with Gasteiger partial charge in [0.1, 0.15) is 6.61 Å². The number of esters is 1. The molecule has 0 saturated carbocycles. The van der Waals surface area contributed by atoms with Crippen molar-refractivity contribution in [1.82, 2.24) is 0 Å². The van der Waals surface area contributed by atoms with E-state index in [4.69, 9.17) is 9.47 Å². The van der Waals surface area contributed by atoms with Gasteiger partial charge in [0.2, 0.25) is 0 Å². The van der Waals surface area contributed by atoms with Crippen LogP contribution >= 0.6 is 0 Å². The lowest BCUT2D eigenvalue weighted by molar-refractivity contribution is -0.148. The summed E-state index contributed by atoms with van der Waals surface area (Å²) in [5.74, 6) is 0.0973. The summed E-state index contributed by atoms with van der Waals surface area (Å²) < 4.78 is 21.7. The zero-order valence-corrected chi connectivity index (χ0v) is 12.2. The third-order valence-electron chi connectivity index (χ3n) is 2.58. The van der Waals surface area contributed by atoms with Gasteiger partial charge in [-0.1, -0.05) is 37.3 Å². The minimum atomic E-state index is -1.04. The predicted molar refractivity (Wildman–Crippen MR) is 75.2 cm³/mol. The number of methoxy groups -OCH3 is 1. The van der Waals surface area contributed by atoms with E-state index in [0.717, 1.165) is 5.56 Å². The first-order valence-electron chi connectivity index (χ1n) is 6.18. The molecule has 0 amide bonds. The van der Waals surface area contributed by atoms with E-state index in [1.165, 1.54) is 0 Å². The van der Waals surface area contributed by atoms with Crippen LogP contribution in [0, 0.1) is 5.92 Å². The van der Waals surface area contributed by atoms with Crippen molar-refractivity contribution in [3.05, 3.63) is 35.9 Å². The van der Waals surface area contributed by atoms with Crippen molar-refractivity contribution < 1.29 is 18.5 Å². The van der Waals surface area contributed by atoms with E-state index >= 15 is 0 Å². The van der Waals surface area contributed by atoms with Crippen molar-refractivity contribution in [1.29, 1.82) is 0 Å². The fourth-order valence-electron chi connectivity index (χ4n) is 1.48. The maximum atomic E-state index is 11.7. The predicted octanol–water partition coefficient (Wildman–Crippen LogP) is 1.76. The fraction of sp³-hybridized carbons (Fsp3) is 0.500. The molecule has 2 unspecified atom stereocenters. The van der Waals surface area contributed by atoms with Gasteiger partial charge in [0.15, 0.2) is 0 Å². The molecule has 1 aromatic rings. The first-order valence-corrected chi connectivity index (χ1v) is 7.66. The SMILES string of the molecule is COCCS(=O)CC(C)C(=O)OCc1ccccc1. The molecule has 0 bridgehead atoms. The number of hydrogen-bond donors (Lipinski definition) is 0. The number of rotatable bonds is 8.